The van der Waals surface area contributed by atoms with Crippen molar-refractivity contribution in [1.82, 2.24) is 15.3 Å². The summed E-state index contributed by atoms with van der Waals surface area (Å²) in [5.41, 5.74) is 1.13. The van der Waals surface area contributed by atoms with Gasteiger partial charge in [0.2, 0.25) is 5.95 Å². The lowest BCUT2D eigenvalue weighted by Crippen LogP contribution is -2.37. The maximum atomic E-state index is 11.1. The van der Waals surface area contributed by atoms with Crippen LogP contribution in [0.4, 0.5) is 17.5 Å². The van der Waals surface area contributed by atoms with E-state index in [4.69, 9.17) is 9.97 Å². The summed E-state index contributed by atoms with van der Waals surface area (Å²) in [6, 6.07) is 11.6. The Morgan fingerprint density at radius 1 is 1.15 bits per heavy atom. The molecule has 0 bridgehead atoms. The monoisotopic (exact) mass is 514 g/mol. The van der Waals surface area contributed by atoms with E-state index >= 15 is 0 Å². The fraction of sp³-hybridized carbons (Fsp3) is 0.391. The maximum Gasteiger partial charge on any atom is 0.312 e. The summed E-state index contributed by atoms with van der Waals surface area (Å²) in [7, 11) is 3.96. The van der Waals surface area contributed by atoms with Crippen LogP contribution in [0.25, 0.3) is 10.9 Å². The van der Waals surface area contributed by atoms with Gasteiger partial charge in [0.15, 0.2) is 5.75 Å². The molecule has 0 aliphatic heterocycles. The van der Waals surface area contributed by atoms with E-state index in [0.717, 1.165) is 42.4 Å². The van der Waals surface area contributed by atoms with Crippen LogP contribution in [0.1, 0.15) is 31.2 Å². The molecule has 1 aliphatic carbocycles. The number of anilines is 2. The van der Waals surface area contributed by atoms with Crippen molar-refractivity contribution in [2.24, 2.45) is 0 Å². The molecular formula is C23H27BrN6O3. The lowest BCUT2D eigenvalue weighted by atomic mass is 9.91. The van der Waals surface area contributed by atoms with Crippen molar-refractivity contribution in [1.29, 1.82) is 0 Å². The molecule has 3 N–H and O–H groups in total. The maximum absolute atomic E-state index is 11.1. The number of phenolic OH excluding ortho intramolecular Hbond substituents is 1. The molecule has 0 radical (unpaired) electrons. The van der Waals surface area contributed by atoms with Gasteiger partial charge in [-0.2, -0.15) is 4.98 Å². The fourth-order valence-corrected chi connectivity index (χ4v) is 4.75. The summed E-state index contributed by atoms with van der Waals surface area (Å²) in [6.07, 6.45) is 3.80. The highest BCUT2D eigenvalue weighted by Crippen LogP contribution is 2.34. The predicted octanol–water partition coefficient (Wildman–Crippen LogP) is 4.59. The lowest BCUT2D eigenvalue weighted by Gasteiger charge is -2.30. The van der Waals surface area contributed by atoms with Crippen molar-refractivity contribution >= 4 is 44.3 Å². The molecule has 9 nitrogen and oxygen atoms in total. The molecule has 4 rings (SSSR count). The van der Waals surface area contributed by atoms with Crippen LogP contribution in [0.5, 0.6) is 5.75 Å². The molecule has 1 fully saturated rings. The van der Waals surface area contributed by atoms with Crippen molar-refractivity contribution < 1.29 is 10.0 Å². The number of nitrogens with zero attached hydrogens (tertiary/aromatic N) is 4. The average Bonchev–Trinajstić information content (AvgIpc) is 2.79. The Morgan fingerprint density at radius 3 is 2.55 bits per heavy atom. The molecule has 3 aromatic rings. The topological polar surface area (TPSA) is 116 Å². The minimum atomic E-state index is -0.572. The number of halogens is 1. The molecule has 1 heterocycles. The van der Waals surface area contributed by atoms with E-state index in [1.165, 1.54) is 6.07 Å². The SMILES string of the molecule is CN(C)c1nc(NC2CCC(NCc3cc(Br)cc([N+](=O)[O-])c3O)CC2)nc2ccccc12. The minimum Gasteiger partial charge on any atom is -0.502 e. The highest BCUT2D eigenvalue weighted by Gasteiger charge is 2.24. The number of aromatic nitrogens is 2. The Balaban J connectivity index is 1.36. The second-order valence-electron chi connectivity index (χ2n) is 8.55. The first-order valence-corrected chi connectivity index (χ1v) is 11.7. The molecular weight excluding hydrogens is 488 g/mol. The van der Waals surface area contributed by atoms with Crippen LogP contribution in [0.2, 0.25) is 0 Å². The Kier molecular flexibility index (Phi) is 6.94. The first kappa shape index (κ1) is 23.2. The third kappa shape index (κ3) is 5.33. The van der Waals surface area contributed by atoms with Crippen LogP contribution < -0.4 is 15.5 Å². The number of rotatable bonds is 7. The number of hydrogen-bond donors (Lipinski definition) is 3. The summed E-state index contributed by atoms with van der Waals surface area (Å²) in [5, 5.41) is 29.3. The lowest BCUT2D eigenvalue weighted by molar-refractivity contribution is -0.386. The number of phenols is 1. The summed E-state index contributed by atoms with van der Waals surface area (Å²) < 4.78 is 0.573. The molecule has 10 heteroatoms. The van der Waals surface area contributed by atoms with E-state index in [2.05, 4.69) is 26.6 Å². The number of fused-ring (bicyclic) bond motifs is 1. The molecule has 1 aliphatic rings. The van der Waals surface area contributed by atoms with E-state index in [9.17, 15) is 15.2 Å². The van der Waals surface area contributed by atoms with E-state index < -0.39 is 4.92 Å². The number of nitrogens with one attached hydrogen (secondary N) is 2. The van der Waals surface area contributed by atoms with Gasteiger partial charge in [-0.15, -0.1) is 0 Å². The highest BCUT2D eigenvalue weighted by atomic mass is 79.9. The Labute approximate surface area is 200 Å². The van der Waals surface area contributed by atoms with E-state index in [-0.39, 0.29) is 23.5 Å². The summed E-state index contributed by atoms with van der Waals surface area (Å²) in [5.74, 6) is 1.25. The summed E-state index contributed by atoms with van der Waals surface area (Å²) in [6.45, 7) is 0.370. The summed E-state index contributed by atoms with van der Waals surface area (Å²) in [4.78, 5) is 22.0. The zero-order valence-corrected chi connectivity index (χ0v) is 20.2. The fourth-order valence-electron chi connectivity index (χ4n) is 4.26. The van der Waals surface area contributed by atoms with E-state index in [1.54, 1.807) is 6.07 Å². The van der Waals surface area contributed by atoms with Gasteiger partial charge in [-0.25, -0.2) is 4.98 Å². The zero-order valence-electron chi connectivity index (χ0n) is 18.6. The van der Waals surface area contributed by atoms with E-state index in [1.807, 2.05) is 43.3 Å². The van der Waals surface area contributed by atoms with Gasteiger partial charge in [0, 0.05) is 54.2 Å². The van der Waals surface area contributed by atoms with Gasteiger partial charge in [0.25, 0.3) is 0 Å². The van der Waals surface area contributed by atoms with Gasteiger partial charge in [-0.1, -0.05) is 28.1 Å². The number of hydrogen-bond acceptors (Lipinski definition) is 8. The number of nitro groups is 1. The van der Waals surface area contributed by atoms with Crippen molar-refractivity contribution in [3.8, 4) is 5.75 Å². The van der Waals surface area contributed by atoms with E-state index in [0.29, 0.717) is 22.5 Å². The van der Waals surface area contributed by atoms with Gasteiger partial charge in [0.1, 0.15) is 5.82 Å². The molecule has 2 aromatic carbocycles. The summed E-state index contributed by atoms with van der Waals surface area (Å²) >= 11 is 3.28. The van der Waals surface area contributed by atoms with Gasteiger partial charge in [-0.3, -0.25) is 10.1 Å². The molecule has 0 saturated heterocycles. The van der Waals surface area contributed by atoms with Gasteiger partial charge < -0.3 is 20.6 Å². The van der Waals surface area contributed by atoms with Crippen molar-refractivity contribution in [3.63, 3.8) is 0 Å². The van der Waals surface area contributed by atoms with Crippen molar-refractivity contribution in [2.45, 2.75) is 44.3 Å². The Bertz CT molecular complexity index is 1160. The van der Waals surface area contributed by atoms with Crippen LogP contribution in [0.3, 0.4) is 0 Å². The molecule has 0 unspecified atom stereocenters. The third-order valence-electron chi connectivity index (χ3n) is 5.98. The second-order valence-corrected chi connectivity index (χ2v) is 9.46. The van der Waals surface area contributed by atoms with Crippen LogP contribution in [0, 0.1) is 10.1 Å². The third-order valence-corrected chi connectivity index (χ3v) is 6.44. The first-order valence-electron chi connectivity index (χ1n) is 10.9. The predicted molar refractivity (Wildman–Crippen MR) is 133 cm³/mol. The molecule has 33 heavy (non-hydrogen) atoms. The molecule has 174 valence electrons. The second kappa shape index (κ2) is 9.88. The van der Waals surface area contributed by atoms with Crippen molar-refractivity contribution in [3.05, 3.63) is 56.5 Å². The molecule has 0 atom stereocenters. The normalized spacial score (nSPS) is 18.3. The number of aromatic hydroxyl groups is 1. The molecule has 1 saturated carbocycles. The van der Waals surface area contributed by atoms with Gasteiger partial charge in [-0.05, 0) is 43.9 Å². The smallest absolute Gasteiger partial charge is 0.312 e. The van der Waals surface area contributed by atoms with Crippen LogP contribution in [-0.2, 0) is 6.54 Å². The minimum absolute atomic E-state index is 0.273. The number of para-hydroxylation sites is 1. The Hall–Kier alpha value is -2.98. The van der Waals surface area contributed by atoms with Crippen LogP contribution in [-0.4, -0.2) is 46.2 Å². The Morgan fingerprint density at radius 2 is 1.85 bits per heavy atom. The standard InChI is InChI=1S/C23H27BrN6O3/c1-29(2)22-18-5-3-4-6-19(18)27-23(28-22)26-17-9-7-16(8-10-17)25-13-14-11-15(24)12-20(21(14)31)30(32)33/h3-6,11-12,16-17,25,31H,7-10,13H2,1-2H3,(H,26,27,28). The van der Waals surface area contributed by atoms with Crippen LogP contribution in [0.15, 0.2) is 40.9 Å². The van der Waals surface area contributed by atoms with Gasteiger partial charge >= 0.3 is 5.69 Å². The van der Waals surface area contributed by atoms with Crippen LogP contribution >= 0.6 is 15.9 Å². The number of benzene rings is 2. The molecule has 0 amide bonds. The molecule has 0 spiro atoms. The molecule has 1 aromatic heterocycles. The number of nitro benzene ring substituents is 1. The zero-order chi connectivity index (χ0) is 23.5. The first-order chi connectivity index (χ1) is 15.8. The highest BCUT2D eigenvalue weighted by molar-refractivity contribution is 9.10. The quantitative estimate of drug-likeness (QED) is 0.309. The van der Waals surface area contributed by atoms with Gasteiger partial charge in [0.05, 0.1) is 10.4 Å². The largest absolute Gasteiger partial charge is 0.502 e. The van der Waals surface area contributed by atoms with Crippen molar-refractivity contribution in [2.75, 3.05) is 24.3 Å². The average molecular weight is 515 g/mol.